The third-order valence-corrected chi connectivity index (χ3v) is 3.22. The molecule has 108 valence electrons. The van der Waals surface area contributed by atoms with Crippen LogP contribution < -0.4 is 4.90 Å². The molecule has 0 aliphatic carbocycles. The maximum Gasteiger partial charge on any atom is 0.180 e. The van der Waals surface area contributed by atoms with Gasteiger partial charge in [-0.1, -0.05) is 13.0 Å². The zero-order valence-electron chi connectivity index (χ0n) is 12.5. The number of aromatic nitrogens is 3. The minimum atomic E-state index is 0.484. The molecule has 0 saturated carbocycles. The van der Waals surface area contributed by atoms with Crippen LogP contribution in [-0.4, -0.2) is 28.0 Å². The monoisotopic (exact) mass is 281 g/mol. The first-order chi connectivity index (χ1) is 10.3. The van der Waals surface area contributed by atoms with Crippen LogP contribution in [0.5, 0.6) is 0 Å². The maximum absolute atomic E-state index is 8.77. The average molecular weight is 281 g/mol. The Morgan fingerprint density at radius 3 is 2.71 bits per heavy atom. The van der Waals surface area contributed by atoms with E-state index < -0.39 is 0 Å². The lowest BCUT2D eigenvalue weighted by Crippen LogP contribution is -2.25. The van der Waals surface area contributed by atoms with Gasteiger partial charge in [0.25, 0.3) is 0 Å². The number of nitrogens with zero attached hydrogens (tertiary/aromatic N) is 5. The van der Waals surface area contributed by atoms with Gasteiger partial charge in [-0.05, 0) is 25.5 Å². The van der Waals surface area contributed by atoms with Gasteiger partial charge in [-0.3, -0.25) is 4.98 Å². The van der Waals surface area contributed by atoms with E-state index in [1.54, 1.807) is 6.20 Å². The van der Waals surface area contributed by atoms with Gasteiger partial charge in [0.15, 0.2) is 5.82 Å². The summed E-state index contributed by atoms with van der Waals surface area (Å²) in [6.07, 6.45) is 3.06. The highest BCUT2D eigenvalue weighted by molar-refractivity contribution is 5.53. The van der Waals surface area contributed by atoms with E-state index in [9.17, 15) is 0 Å². The summed E-state index contributed by atoms with van der Waals surface area (Å²) < 4.78 is 0. The van der Waals surface area contributed by atoms with E-state index in [1.807, 2.05) is 24.3 Å². The second-order valence-corrected chi connectivity index (χ2v) is 4.60. The van der Waals surface area contributed by atoms with Gasteiger partial charge in [0.2, 0.25) is 0 Å². The van der Waals surface area contributed by atoms with E-state index in [1.165, 1.54) is 0 Å². The minimum Gasteiger partial charge on any atom is -0.356 e. The third kappa shape index (κ3) is 3.76. The number of anilines is 1. The fourth-order valence-electron chi connectivity index (χ4n) is 2.06. The predicted octanol–water partition coefficient (Wildman–Crippen LogP) is 2.84. The first-order valence-corrected chi connectivity index (χ1v) is 7.19. The van der Waals surface area contributed by atoms with Gasteiger partial charge < -0.3 is 4.90 Å². The quantitative estimate of drug-likeness (QED) is 0.814. The van der Waals surface area contributed by atoms with Crippen LogP contribution in [0.25, 0.3) is 11.5 Å². The maximum atomic E-state index is 8.77. The van der Waals surface area contributed by atoms with Crippen LogP contribution in [0.15, 0.2) is 30.5 Å². The van der Waals surface area contributed by atoms with Crippen molar-refractivity contribution in [2.24, 2.45) is 0 Å². The molecule has 0 radical (unpaired) electrons. The molecule has 2 rings (SSSR count). The van der Waals surface area contributed by atoms with E-state index in [4.69, 9.17) is 5.26 Å². The van der Waals surface area contributed by atoms with Crippen molar-refractivity contribution in [2.45, 2.75) is 26.7 Å². The molecule has 2 aromatic heterocycles. The molecule has 2 heterocycles. The lowest BCUT2D eigenvalue weighted by atomic mass is 10.2. The first kappa shape index (κ1) is 14.9. The van der Waals surface area contributed by atoms with Gasteiger partial charge in [-0.25, -0.2) is 9.97 Å². The van der Waals surface area contributed by atoms with Crippen molar-refractivity contribution in [1.82, 2.24) is 15.0 Å². The highest BCUT2D eigenvalue weighted by atomic mass is 15.2. The van der Waals surface area contributed by atoms with Gasteiger partial charge in [0, 0.05) is 31.0 Å². The van der Waals surface area contributed by atoms with Gasteiger partial charge in [0.1, 0.15) is 11.5 Å². The fourth-order valence-corrected chi connectivity index (χ4v) is 2.06. The number of pyridine rings is 1. The Labute approximate surface area is 125 Å². The van der Waals surface area contributed by atoms with E-state index >= 15 is 0 Å². The summed E-state index contributed by atoms with van der Waals surface area (Å²) in [7, 11) is 0. The molecule has 5 heteroatoms. The molecule has 0 bridgehead atoms. The van der Waals surface area contributed by atoms with Crippen molar-refractivity contribution in [3.05, 3.63) is 36.2 Å². The van der Waals surface area contributed by atoms with Crippen LogP contribution in [0.4, 0.5) is 5.82 Å². The molecular weight excluding hydrogens is 262 g/mol. The Hall–Kier alpha value is -2.48. The van der Waals surface area contributed by atoms with E-state index in [0.29, 0.717) is 18.8 Å². The SMILES string of the molecule is CCc1cc(N(CC)CCC#N)nc(-c2ccccn2)n1. The van der Waals surface area contributed by atoms with Gasteiger partial charge >= 0.3 is 0 Å². The van der Waals surface area contributed by atoms with E-state index in [2.05, 4.69) is 39.8 Å². The van der Waals surface area contributed by atoms with Crippen LogP contribution in [-0.2, 0) is 6.42 Å². The molecule has 0 atom stereocenters. The van der Waals surface area contributed by atoms with Crippen LogP contribution in [0.3, 0.4) is 0 Å². The molecule has 0 unspecified atom stereocenters. The molecule has 2 aromatic rings. The molecule has 0 amide bonds. The first-order valence-electron chi connectivity index (χ1n) is 7.19. The Kier molecular flexibility index (Phi) is 5.22. The van der Waals surface area contributed by atoms with Crippen molar-refractivity contribution in [2.75, 3.05) is 18.0 Å². The summed E-state index contributed by atoms with van der Waals surface area (Å²) in [6, 6.07) is 9.88. The minimum absolute atomic E-state index is 0.484. The largest absolute Gasteiger partial charge is 0.356 e. The third-order valence-electron chi connectivity index (χ3n) is 3.22. The van der Waals surface area contributed by atoms with E-state index in [-0.39, 0.29) is 0 Å². The highest BCUT2D eigenvalue weighted by Crippen LogP contribution is 2.19. The molecule has 0 aliphatic rings. The fraction of sp³-hybridized carbons (Fsp3) is 0.375. The number of rotatable bonds is 6. The molecular formula is C16H19N5. The molecule has 0 aromatic carbocycles. The summed E-state index contributed by atoms with van der Waals surface area (Å²) >= 11 is 0. The Balaban J connectivity index is 2.40. The Morgan fingerprint density at radius 2 is 2.10 bits per heavy atom. The average Bonchev–Trinajstić information content (AvgIpc) is 2.56. The lowest BCUT2D eigenvalue weighted by molar-refractivity contribution is 0.804. The van der Waals surface area contributed by atoms with Crippen molar-refractivity contribution in [3.63, 3.8) is 0 Å². The predicted molar refractivity (Wildman–Crippen MR) is 82.8 cm³/mol. The van der Waals surface area contributed by atoms with Crippen LogP contribution in [0, 0.1) is 11.3 Å². The molecule has 0 spiro atoms. The second-order valence-electron chi connectivity index (χ2n) is 4.60. The molecule has 0 N–H and O–H groups in total. The number of aryl methyl sites for hydroxylation is 1. The summed E-state index contributed by atoms with van der Waals surface area (Å²) in [5.74, 6) is 1.50. The summed E-state index contributed by atoms with van der Waals surface area (Å²) in [6.45, 7) is 5.61. The van der Waals surface area contributed by atoms with Crippen molar-refractivity contribution in [3.8, 4) is 17.6 Å². The molecule has 21 heavy (non-hydrogen) atoms. The summed E-state index contributed by atoms with van der Waals surface area (Å²) in [4.78, 5) is 15.6. The van der Waals surface area contributed by atoms with Gasteiger partial charge in [-0.2, -0.15) is 5.26 Å². The second kappa shape index (κ2) is 7.34. The van der Waals surface area contributed by atoms with E-state index in [0.717, 1.165) is 30.2 Å². The Bertz CT molecular complexity index is 618. The topological polar surface area (TPSA) is 65.7 Å². The molecule has 5 nitrogen and oxygen atoms in total. The van der Waals surface area contributed by atoms with Crippen LogP contribution in [0.2, 0.25) is 0 Å². The van der Waals surface area contributed by atoms with Crippen molar-refractivity contribution >= 4 is 5.82 Å². The smallest absolute Gasteiger partial charge is 0.180 e. The standard InChI is InChI=1S/C16H19N5/c1-3-13-12-15(21(4-2)11-7-9-17)20-16(19-13)14-8-5-6-10-18-14/h5-6,8,10,12H,3-4,7,11H2,1-2H3. The highest BCUT2D eigenvalue weighted by Gasteiger charge is 2.11. The Morgan fingerprint density at radius 1 is 1.24 bits per heavy atom. The zero-order chi connectivity index (χ0) is 15.1. The molecule has 0 saturated heterocycles. The van der Waals surface area contributed by atoms with Crippen LogP contribution >= 0.6 is 0 Å². The number of hydrogen-bond donors (Lipinski definition) is 0. The van der Waals surface area contributed by atoms with Gasteiger partial charge in [-0.15, -0.1) is 0 Å². The van der Waals surface area contributed by atoms with Crippen molar-refractivity contribution in [1.29, 1.82) is 5.26 Å². The zero-order valence-corrected chi connectivity index (χ0v) is 12.5. The van der Waals surface area contributed by atoms with Crippen molar-refractivity contribution < 1.29 is 0 Å². The summed E-state index contributed by atoms with van der Waals surface area (Å²) in [5, 5.41) is 8.77. The number of nitriles is 1. The summed E-state index contributed by atoms with van der Waals surface area (Å²) in [5.41, 5.74) is 1.75. The lowest BCUT2D eigenvalue weighted by Gasteiger charge is -2.21. The normalized spacial score (nSPS) is 10.1. The van der Waals surface area contributed by atoms with Gasteiger partial charge in [0.05, 0.1) is 12.5 Å². The molecule has 0 aliphatic heterocycles. The number of hydrogen-bond acceptors (Lipinski definition) is 5. The van der Waals surface area contributed by atoms with Crippen LogP contribution in [0.1, 0.15) is 26.0 Å². The molecule has 0 fully saturated rings.